The van der Waals surface area contributed by atoms with Gasteiger partial charge >= 0.3 is 0 Å². The number of nitrogens with one attached hydrogen (secondary N) is 1. The summed E-state index contributed by atoms with van der Waals surface area (Å²) in [5.74, 6) is 0.0322. The molecule has 2 aromatic rings. The normalized spacial score (nSPS) is 10.3. The summed E-state index contributed by atoms with van der Waals surface area (Å²) in [6, 6.07) is 19.8. The summed E-state index contributed by atoms with van der Waals surface area (Å²) < 4.78 is 0. The Labute approximate surface area is 149 Å². The lowest BCUT2D eigenvalue weighted by atomic mass is 10.1. The molecule has 0 aliphatic carbocycles. The van der Waals surface area contributed by atoms with E-state index in [1.807, 2.05) is 60.4 Å². The van der Waals surface area contributed by atoms with Crippen LogP contribution in [0.5, 0.6) is 0 Å². The number of nitrogens with zero attached hydrogens (tertiary/aromatic N) is 1. The van der Waals surface area contributed by atoms with Gasteiger partial charge < -0.3 is 10.2 Å². The highest BCUT2D eigenvalue weighted by Gasteiger charge is 2.12. The second-order valence-electron chi connectivity index (χ2n) is 5.97. The van der Waals surface area contributed by atoms with Gasteiger partial charge in [-0.05, 0) is 24.5 Å². The van der Waals surface area contributed by atoms with Crippen molar-refractivity contribution in [2.45, 2.75) is 26.2 Å². The molecule has 0 bridgehead atoms. The predicted molar refractivity (Wildman–Crippen MR) is 100 cm³/mol. The minimum absolute atomic E-state index is 0.0497. The molecule has 2 aromatic carbocycles. The molecule has 1 N–H and O–H groups in total. The van der Waals surface area contributed by atoms with Crippen LogP contribution in [0.3, 0.4) is 0 Å². The minimum atomic E-state index is -0.0497. The first kappa shape index (κ1) is 18.7. The van der Waals surface area contributed by atoms with Gasteiger partial charge in [-0.15, -0.1) is 0 Å². The van der Waals surface area contributed by atoms with E-state index in [1.54, 1.807) is 0 Å². The number of carbonyl (C=O) groups is 2. The van der Waals surface area contributed by atoms with E-state index in [0.717, 1.165) is 12.0 Å². The molecule has 0 aliphatic rings. The molecular weight excluding hydrogens is 312 g/mol. The molecule has 0 saturated carbocycles. The molecular formula is C21H26N2O2. The molecule has 0 spiro atoms. The number of amides is 2. The number of benzene rings is 2. The number of likely N-dealkylation sites (N-methyl/N-ethyl adjacent to an activating group) is 1. The zero-order valence-corrected chi connectivity index (χ0v) is 14.8. The molecule has 0 atom stereocenters. The summed E-state index contributed by atoms with van der Waals surface area (Å²) in [6.45, 7) is 3.75. The van der Waals surface area contributed by atoms with Crippen LogP contribution in [-0.2, 0) is 22.4 Å². The second-order valence-corrected chi connectivity index (χ2v) is 5.97. The molecule has 0 radical (unpaired) electrons. The number of rotatable bonds is 9. The van der Waals surface area contributed by atoms with E-state index in [1.165, 1.54) is 5.56 Å². The van der Waals surface area contributed by atoms with E-state index in [9.17, 15) is 9.59 Å². The van der Waals surface area contributed by atoms with Crippen LogP contribution in [-0.4, -0.2) is 36.3 Å². The lowest BCUT2D eigenvalue weighted by molar-refractivity contribution is -0.131. The van der Waals surface area contributed by atoms with E-state index < -0.39 is 0 Å². The van der Waals surface area contributed by atoms with Crippen molar-refractivity contribution in [2.75, 3.05) is 19.6 Å². The fourth-order valence-corrected chi connectivity index (χ4v) is 2.68. The van der Waals surface area contributed by atoms with Crippen molar-refractivity contribution in [3.05, 3.63) is 71.8 Å². The van der Waals surface area contributed by atoms with Crippen LogP contribution >= 0.6 is 0 Å². The van der Waals surface area contributed by atoms with E-state index >= 15 is 0 Å². The van der Waals surface area contributed by atoms with Crippen molar-refractivity contribution in [3.8, 4) is 0 Å². The Bertz CT molecular complexity index is 656. The average molecular weight is 338 g/mol. The molecule has 0 heterocycles. The second kappa shape index (κ2) is 10.3. The van der Waals surface area contributed by atoms with Crippen LogP contribution in [0, 0.1) is 0 Å². The van der Waals surface area contributed by atoms with Gasteiger partial charge in [0.15, 0.2) is 0 Å². The standard InChI is InChI=1S/C21H26N2O2/c1-2-23(16-14-18-9-5-3-6-10-18)21(25)13-15-22-20(24)17-19-11-7-4-8-12-19/h3-12H,2,13-17H2,1H3,(H,22,24). The van der Waals surface area contributed by atoms with Gasteiger partial charge in [0.25, 0.3) is 0 Å². The molecule has 0 aromatic heterocycles. The fraction of sp³-hybridized carbons (Fsp3) is 0.333. The Hall–Kier alpha value is -2.62. The van der Waals surface area contributed by atoms with Crippen molar-refractivity contribution in [1.29, 1.82) is 0 Å². The number of carbonyl (C=O) groups excluding carboxylic acids is 2. The van der Waals surface area contributed by atoms with Gasteiger partial charge in [-0.2, -0.15) is 0 Å². The van der Waals surface area contributed by atoms with Gasteiger partial charge in [0.2, 0.25) is 11.8 Å². The van der Waals surface area contributed by atoms with Gasteiger partial charge in [-0.25, -0.2) is 0 Å². The van der Waals surface area contributed by atoms with E-state index in [4.69, 9.17) is 0 Å². The summed E-state index contributed by atoms with van der Waals surface area (Å²) in [6.07, 6.45) is 1.53. The van der Waals surface area contributed by atoms with Crippen molar-refractivity contribution < 1.29 is 9.59 Å². The highest BCUT2D eigenvalue weighted by molar-refractivity contribution is 5.80. The molecule has 25 heavy (non-hydrogen) atoms. The van der Waals surface area contributed by atoms with Crippen LogP contribution in [0.1, 0.15) is 24.5 Å². The lowest BCUT2D eigenvalue weighted by Gasteiger charge is -2.21. The highest BCUT2D eigenvalue weighted by Crippen LogP contribution is 2.03. The molecule has 132 valence electrons. The summed E-state index contributed by atoms with van der Waals surface area (Å²) in [4.78, 5) is 26.1. The van der Waals surface area contributed by atoms with Crippen molar-refractivity contribution in [3.63, 3.8) is 0 Å². The smallest absolute Gasteiger partial charge is 0.224 e. The summed E-state index contributed by atoms with van der Waals surface area (Å²) in [5.41, 5.74) is 2.20. The van der Waals surface area contributed by atoms with Gasteiger partial charge in [-0.3, -0.25) is 9.59 Å². The van der Waals surface area contributed by atoms with E-state index in [-0.39, 0.29) is 11.8 Å². The summed E-state index contributed by atoms with van der Waals surface area (Å²) in [5, 5.41) is 2.83. The third kappa shape index (κ3) is 6.79. The summed E-state index contributed by atoms with van der Waals surface area (Å²) in [7, 11) is 0. The first-order valence-electron chi connectivity index (χ1n) is 8.81. The lowest BCUT2D eigenvalue weighted by Crippen LogP contribution is -2.36. The zero-order chi connectivity index (χ0) is 17.9. The first-order valence-corrected chi connectivity index (χ1v) is 8.81. The molecule has 4 heteroatoms. The van der Waals surface area contributed by atoms with Crippen LogP contribution in [0.2, 0.25) is 0 Å². The maximum atomic E-state index is 12.3. The number of hydrogen-bond acceptors (Lipinski definition) is 2. The third-order valence-electron chi connectivity index (χ3n) is 4.12. The van der Waals surface area contributed by atoms with Crippen LogP contribution in [0.4, 0.5) is 0 Å². The average Bonchev–Trinajstić information content (AvgIpc) is 2.64. The van der Waals surface area contributed by atoms with E-state index in [0.29, 0.717) is 32.5 Å². The third-order valence-corrected chi connectivity index (χ3v) is 4.12. The van der Waals surface area contributed by atoms with Crippen LogP contribution < -0.4 is 5.32 Å². The van der Waals surface area contributed by atoms with Gasteiger partial charge in [0.1, 0.15) is 0 Å². The first-order chi connectivity index (χ1) is 12.2. The predicted octanol–water partition coefficient (Wildman–Crippen LogP) is 2.83. The highest BCUT2D eigenvalue weighted by atomic mass is 16.2. The molecule has 4 nitrogen and oxygen atoms in total. The monoisotopic (exact) mass is 338 g/mol. The molecule has 2 rings (SSSR count). The Morgan fingerprint density at radius 1 is 0.920 bits per heavy atom. The quantitative estimate of drug-likeness (QED) is 0.764. The Balaban J connectivity index is 1.69. The van der Waals surface area contributed by atoms with Crippen LogP contribution in [0.15, 0.2) is 60.7 Å². The van der Waals surface area contributed by atoms with Gasteiger partial charge in [-0.1, -0.05) is 60.7 Å². The summed E-state index contributed by atoms with van der Waals surface area (Å²) >= 11 is 0. The number of hydrogen-bond donors (Lipinski definition) is 1. The molecule has 0 unspecified atom stereocenters. The Kier molecular flexibility index (Phi) is 7.70. The van der Waals surface area contributed by atoms with Crippen molar-refractivity contribution in [1.82, 2.24) is 10.2 Å². The van der Waals surface area contributed by atoms with Crippen molar-refractivity contribution in [2.24, 2.45) is 0 Å². The van der Waals surface area contributed by atoms with E-state index in [2.05, 4.69) is 17.4 Å². The van der Waals surface area contributed by atoms with Crippen LogP contribution in [0.25, 0.3) is 0 Å². The SMILES string of the molecule is CCN(CCc1ccccc1)C(=O)CCNC(=O)Cc1ccccc1. The molecule has 2 amide bonds. The topological polar surface area (TPSA) is 49.4 Å². The maximum absolute atomic E-state index is 12.3. The maximum Gasteiger partial charge on any atom is 0.224 e. The largest absolute Gasteiger partial charge is 0.355 e. The Morgan fingerprint density at radius 2 is 1.52 bits per heavy atom. The Morgan fingerprint density at radius 3 is 2.12 bits per heavy atom. The fourth-order valence-electron chi connectivity index (χ4n) is 2.68. The van der Waals surface area contributed by atoms with Gasteiger partial charge in [0, 0.05) is 26.1 Å². The van der Waals surface area contributed by atoms with Crippen molar-refractivity contribution >= 4 is 11.8 Å². The molecule has 0 aliphatic heterocycles. The minimum Gasteiger partial charge on any atom is -0.355 e. The molecule has 0 fully saturated rings. The molecule has 0 saturated heterocycles. The van der Waals surface area contributed by atoms with Gasteiger partial charge in [0.05, 0.1) is 6.42 Å². The zero-order valence-electron chi connectivity index (χ0n) is 14.8.